The molecular weight excluding hydrogens is 334 g/mol. The van der Waals surface area contributed by atoms with Crippen LogP contribution in [0.3, 0.4) is 0 Å². The summed E-state index contributed by atoms with van der Waals surface area (Å²) in [5.74, 6) is 2.30. The lowest BCUT2D eigenvalue weighted by Gasteiger charge is -2.16. The molecule has 8 heteroatoms. The average molecular weight is 355 g/mol. The molecule has 1 N–H and O–H groups in total. The zero-order valence-corrected chi connectivity index (χ0v) is 15.2. The quantitative estimate of drug-likeness (QED) is 0.697. The van der Waals surface area contributed by atoms with Crippen LogP contribution in [0.1, 0.15) is 11.1 Å². The predicted octanol–water partition coefficient (Wildman–Crippen LogP) is 2.61. The van der Waals surface area contributed by atoms with Gasteiger partial charge in [0.15, 0.2) is 11.5 Å². The van der Waals surface area contributed by atoms with E-state index in [1.807, 2.05) is 43.3 Å². The van der Waals surface area contributed by atoms with Gasteiger partial charge in [-0.15, -0.1) is 0 Å². The first-order chi connectivity index (χ1) is 12.7. The largest absolute Gasteiger partial charge is 0.493 e. The van der Waals surface area contributed by atoms with Gasteiger partial charge in [-0.1, -0.05) is 22.8 Å². The van der Waals surface area contributed by atoms with Gasteiger partial charge in [0.1, 0.15) is 0 Å². The molecule has 0 aliphatic heterocycles. The van der Waals surface area contributed by atoms with E-state index in [2.05, 4.69) is 20.8 Å². The Morgan fingerprint density at radius 1 is 0.923 bits per heavy atom. The fourth-order valence-electron chi connectivity index (χ4n) is 2.63. The minimum atomic E-state index is 0.454. The van der Waals surface area contributed by atoms with Crippen LogP contribution in [0, 0.1) is 6.92 Å². The number of anilines is 1. The highest BCUT2D eigenvalue weighted by molar-refractivity contribution is 5.56. The van der Waals surface area contributed by atoms with E-state index >= 15 is 0 Å². The van der Waals surface area contributed by atoms with Crippen LogP contribution in [0.5, 0.6) is 17.2 Å². The van der Waals surface area contributed by atoms with Crippen LogP contribution >= 0.6 is 0 Å². The van der Waals surface area contributed by atoms with Crippen molar-refractivity contribution in [2.75, 3.05) is 26.6 Å². The zero-order chi connectivity index (χ0) is 18.5. The number of nitrogens with zero attached hydrogens (tertiary/aromatic N) is 4. The van der Waals surface area contributed by atoms with Gasteiger partial charge in [0, 0.05) is 12.1 Å². The molecule has 2 aromatic carbocycles. The Bertz CT molecular complexity index is 877. The molecule has 1 heterocycles. The van der Waals surface area contributed by atoms with Crippen molar-refractivity contribution in [2.45, 2.75) is 13.5 Å². The van der Waals surface area contributed by atoms with Gasteiger partial charge < -0.3 is 19.5 Å². The summed E-state index contributed by atoms with van der Waals surface area (Å²) in [6.45, 7) is 2.49. The van der Waals surface area contributed by atoms with E-state index in [-0.39, 0.29) is 0 Å². The zero-order valence-electron chi connectivity index (χ0n) is 15.2. The van der Waals surface area contributed by atoms with Crippen LogP contribution in [0.2, 0.25) is 0 Å². The first kappa shape index (κ1) is 17.5. The summed E-state index contributed by atoms with van der Waals surface area (Å²) in [5.41, 5.74) is 2.94. The van der Waals surface area contributed by atoms with Crippen LogP contribution in [0.15, 0.2) is 36.4 Å². The number of hydrogen-bond donors (Lipinski definition) is 1. The summed E-state index contributed by atoms with van der Waals surface area (Å²) in [7, 11) is 4.76. The van der Waals surface area contributed by atoms with E-state index in [0.717, 1.165) is 11.3 Å². The van der Waals surface area contributed by atoms with Gasteiger partial charge in [-0.3, -0.25) is 0 Å². The molecule has 0 aliphatic rings. The van der Waals surface area contributed by atoms with Crippen molar-refractivity contribution >= 4 is 5.95 Å². The van der Waals surface area contributed by atoms with Gasteiger partial charge in [0.2, 0.25) is 11.7 Å². The Labute approximate surface area is 151 Å². The van der Waals surface area contributed by atoms with E-state index in [9.17, 15) is 0 Å². The second-order valence-electron chi connectivity index (χ2n) is 5.60. The summed E-state index contributed by atoms with van der Waals surface area (Å²) in [6, 6.07) is 11.7. The number of tetrazole rings is 1. The SMILES string of the molecule is COc1ccc(CNc2nnnn2-c2ccc(C)cc2)c(OC)c1OC. The fourth-order valence-corrected chi connectivity index (χ4v) is 2.63. The molecule has 0 fully saturated rings. The van der Waals surface area contributed by atoms with Crippen LogP contribution in [0.4, 0.5) is 5.95 Å². The van der Waals surface area contributed by atoms with E-state index in [0.29, 0.717) is 29.7 Å². The molecule has 26 heavy (non-hydrogen) atoms. The summed E-state index contributed by atoms with van der Waals surface area (Å²) in [4.78, 5) is 0. The summed E-state index contributed by atoms with van der Waals surface area (Å²) in [6.07, 6.45) is 0. The third-order valence-electron chi connectivity index (χ3n) is 3.97. The monoisotopic (exact) mass is 355 g/mol. The first-order valence-corrected chi connectivity index (χ1v) is 8.05. The molecule has 136 valence electrons. The lowest BCUT2D eigenvalue weighted by atomic mass is 10.1. The number of methoxy groups -OCH3 is 3. The number of aromatic nitrogens is 4. The van der Waals surface area contributed by atoms with Crippen molar-refractivity contribution in [1.29, 1.82) is 0 Å². The number of ether oxygens (including phenoxy) is 3. The van der Waals surface area contributed by atoms with Crippen LogP contribution in [0.25, 0.3) is 5.69 Å². The van der Waals surface area contributed by atoms with Gasteiger partial charge in [0.25, 0.3) is 0 Å². The topological polar surface area (TPSA) is 83.3 Å². The lowest BCUT2D eigenvalue weighted by molar-refractivity contribution is 0.322. The second kappa shape index (κ2) is 7.73. The first-order valence-electron chi connectivity index (χ1n) is 8.05. The highest BCUT2D eigenvalue weighted by Crippen LogP contribution is 2.39. The molecule has 0 aliphatic carbocycles. The molecule has 0 saturated heterocycles. The van der Waals surface area contributed by atoms with Gasteiger partial charge in [-0.2, -0.15) is 4.68 Å². The Kier molecular flexibility index (Phi) is 5.21. The van der Waals surface area contributed by atoms with Crippen LogP contribution in [-0.2, 0) is 6.54 Å². The lowest BCUT2D eigenvalue weighted by Crippen LogP contribution is -2.09. The fraction of sp³-hybridized carbons (Fsp3) is 0.278. The Balaban J connectivity index is 1.84. The standard InChI is InChI=1S/C18H21N5O3/c1-12-5-8-14(9-6-12)23-18(20-21-22-23)19-11-13-7-10-15(24-2)17(26-4)16(13)25-3/h5-10H,11H2,1-4H3,(H,19,20,22). The normalized spacial score (nSPS) is 10.5. The van der Waals surface area contributed by atoms with Crippen molar-refractivity contribution in [3.63, 3.8) is 0 Å². The van der Waals surface area contributed by atoms with Gasteiger partial charge in [-0.25, -0.2) is 0 Å². The molecule has 0 unspecified atom stereocenters. The van der Waals surface area contributed by atoms with Gasteiger partial charge in [0.05, 0.1) is 27.0 Å². The van der Waals surface area contributed by atoms with Crippen molar-refractivity contribution < 1.29 is 14.2 Å². The van der Waals surface area contributed by atoms with Crippen LogP contribution < -0.4 is 19.5 Å². The van der Waals surface area contributed by atoms with E-state index in [4.69, 9.17) is 14.2 Å². The molecule has 0 saturated carbocycles. The summed E-state index contributed by atoms with van der Waals surface area (Å²) < 4.78 is 17.9. The third kappa shape index (κ3) is 3.39. The van der Waals surface area contributed by atoms with E-state index < -0.39 is 0 Å². The maximum atomic E-state index is 5.50. The Hall–Kier alpha value is -3.29. The Morgan fingerprint density at radius 3 is 2.31 bits per heavy atom. The number of benzene rings is 2. The van der Waals surface area contributed by atoms with E-state index in [1.54, 1.807) is 26.0 Å². The molecular formula is C18H21N5O3. The van der Waals surface area contributed by atoms with Crippen molar-refractivity contribution in [3.8, 4) is 22.9 Å². The van der Waals surface area contributed by atoms with Crippen molar-refractivity contribution in [3.05, 3.63) is 47.5 Å². The van der Waals surface area contributed by atoms with E-state index in [1.165, 1.54) is 5.56 Å². The maximum absolute atomic E-state index is 5.50. The molecule has 1 aromatic heterocycles. The van der Waals surface area contributed by atoms with Crippen molar-refractivity contribution in [1.82, 2.24) is 20.2 Å². The maximum Gasteiger partial charge on any atom is 0.248 e. The molecule has 0 atom stereocenters. The predicted molar refractivity (Wildman–Crippen MR) is 97.3 cm³/mol. The second-order valence-corrected chi connectivity index (χ2v) is 5.60. The highest BCUT2D eigenvalue weighted by Gasteiger charge is 2.16. The summed E-state index contributed by atoms with van der Waals surface area (Å²) >= 11 is 0. The highest BCUT2D eigenvalue weighted by atomic mass is 16.5. The molecule has 8 nitrogen and oxygen atoms in total. The average Bonchev–Trinajstić information content (AvgIpc) is 3.14. The van der Waals surface area contributed by atoms with Crippen molar-refractivity contribution in [2.24, 2.45) is 0 Å². The number of aryl methyl sites for hydroxylation is 1. The van der Waals surface area contributed by atoms with Gasteiger partial charge in [-0.05, 0) is 41.6 Å². The molecule has 0 bridgehead atoms. The smallest absolute Gasteiger partial charge is 0.248 e. The minimum absolute atomic E-state index is 0.454. The summed E-state index contributed by atoms with van der Waals surface area (Å²) in [5, 5.41) is 15.1. The molecule has 0 radical (unpaired) electrons. The molecule has 0 spiro atoms. The van der Waals surface area contributed by atoms with Crippen LogP contribution in [-0.4, -0.2) is 41.5 Å². The number of rotatable bonds is 7. The third-order valence-corrected chi connectivity index (χ3v) is 3.97. The van der Waals surface area contributed by atoms with Gasteiger partial charge >= 0.3 is 0 Å². The minimum Gasteiger partial charge on any atom is -0.493 e. The number of hydrogen-bond acceptors (Lipinski definition) is 7. The number of nitrogens with one attached hydrogen (secondary N) is 1. The molecule has 3 aromatic rings. The Morgan fingerprint density at radius 2 is 1.65 bits per heavy atom. The molecule has 0 amide bonds. The molecule has 3 rings (SSSR count).